The van der Waals surface area contributed by atoms with Gasteiger partial charge in [0.25, 0.3) is 0 Å². The van der Waals surface area contributed by atoms with Crippen molar-refractivity contribution in [2.75, 3.05) is 14.2 Å². The molecule has 1 N–H and O–H groups in total. The fraction of sp³-hybridized carbons (Fsp3) is 0.375. The summed E-state index contributed by atoms with van der Waals surface area (Å²) in [4.78, 5) is 23.9. The van der Waals surface area contributed by atoms with Crippen molar-refractivity contribution >= 4 is 11.8 Å². The Morgan fingerprint density at radius 2 is 1.67 bits per heavy atom. The largest absolute Gasteiger partial charge is 0.493 e. The van der Waals surface area contributed by atoms with Crippen LogP contribution in [0.5, 0.6) is 11.5 Å². The van der Waals surface area contributed by atoms with Gasteiger partial charge >= 0.3 is 5.97 Å². The monoisotopic (exact) mass is 290 g/mol. The molecular formula is C16H18O5. The topological polar surface area (TPSA) is 72.8 Å². The lowest BCUT2D eigenvalue weighted by molar-refractivity contribution is -0.143. The highest BCUT2D eigenvalue weighted by Crippen LogP contribution is 2.32. The second-order valence-electron chi connectivity index (χ2n) is 4.93. The van der Waals surface area contributed by atoms with Gasteiger partial charge in [-0.2, -0.15) is 0 Å². The molecule has 0 fully saturated rings. The van der Waals surface area contributed by atoms with Crippen LogP contribution in [-0.2, 0) is 4.79 Å². The van der Waals surface area contributed by atoms with E-state index in [1.807, 2.05) is 12.2 Å². The summed E-state index contributed by atoms with van der Waals surface area (Å²) >= 11 is 0. The predicted octanol–water partition coefficient (Wildman–Crippen LogP) is 2.55. The van der Waals surface area contributed by atoms with Gasteiger partial charge in [-0.15, -0.1) is 0 Å². The summed E-state index contributed by atoms with van der Waals surface area (Å²) in [7, 11) is 3.02. The second kappa shape index (κ2) is 6.43. The first kappa shape index (κ1) is 15.1. The number of aliphatic carboxylic acids is 1. The van der Waals surface area contributed by atoms with Crippen LogP contribution in [0.15, 0.2) is 30.4 Å². The van der Waals surface area contributed by atoms with E-state index in [1.165, 1.54) is 14.2 Å². The van der Waals surface area contributed by atoms with Crippen LogP contribution in [0, 0.1) is 11.8 Å². The first-order valence-corrected chi connectivity index (χ1v) is 6.72. The molecule has 21 heavy (non-hydrogen) atoms. The van der Waals surface area contributed by atoms with Gasteiger partial charge in [0.2, 0.25) is 0 Å². The van der Waals surface area contributed by atoms with Crippen molar-refractivity contribution in [1.82, 2.24) is 0 Å². The Kier molecular flexibility index (Phi) is 4.62. The first-order chi connectivity index (χ1) is 10.1. The van der Waals surface area contributed by atoms with Gasteiger partial charge in [0.15, 0.2) is 17.3 Å². The number of carboxylic acid groups (broad SMARTS) is 1. The average Bonchev–Trinajstić information content (AvgIpc) is 2.53. The maximum absolute atomic E-state index is 12.6. The Bertz CT molecular complexity index is 576. The summed E-state index contributed by atoms with van der Waals surface area (Å²) in [6.07, 6.45) is 4.52. The molecule has 0 radical (unpaired) electrons. The van der Waals surface area contributed by atoms with Gasteiger partial charge in [-0.1, -0.05) is 12.2 Å². The smallest absolute Gasteiger partial charge is 0.307 e. The Balaban J connectivity index is 2.30. The molecule has 112 valence electrons. The van der Waals surface area contributed by atoms with Gasteiger partial charge in [0, 0.05) is 11.5 Å². The van der Waals surface area contributed by atoms with Crippen LogP contribution in [0.3, 0.4) is 0 Å². The molecule has 0 saturated heterocycles. The molecule has 0 spiro atoms. The third-order valence-corrected chi connectivity index (χ3v) is 3.75. The molecule has 5 nitrogen and oxygen atoms in total. The first-order valence-electron chi connectivity index (χ1n) is 6.72. The summed E-state index contributed by atoms with van der Waals surface area (Å²) in [5, 5.41) is 9.26. The molecule has 2 atom stereocenters. The molecule has 0 heterocycles. The lowest BCUT2D eigenvalue weighted by Gasteiger charge is -2.24. The molecule has 0 saturated carbocycles. The summed E-state index contributed by atoms with van der Waals surface area (Å²) in [6.45, 7) is 0. The van der Waals surface area contributed by atoms with Crippen molar-refractivity contribution in [2.45, 2.75) is 12.8 Å². The number of carbonyl (C=O) groups is 2. The standard InChI is InChI=1S/C16H18O5/c1-20-13-8-7-10(9-14(13)21-2)15(17)11-5-3-4-6-12(11)16(18)19/h3-4,7-9,11-12H,5-6H2,1-2H3,(H,18,19)/t11-,12-/m1/s1. The summed E-state index contributed by atoms with van der Waals surface area (Å²) in [5.41, 5.74) is 0.444. The van der Waals surface area contributed by atoms with Gasteiger partial charge in [-0.3, -0.25) is 9.59 Å². The molecule has 0 unspecified atom stereocenters. The van der Waals surface area contributed by atoms with E-state index in [1.54, 1.807) is 18.2 Å². The fourth-order valence-corrected chi connectivity index (χ4v) is 2.58. The number of benzene rings is 1. The number of carboxylic acids is 1. The lowest BCUT2D eigenvalue weighted by atomic mass is 9.78. The maximum atomic E-state index is 12.6. The molecule has 1 aromatic carbocycles. The molecule has 5 heteroatoms. The van der Waals surface area contributed by atoms with E-state index >= 15 is 0 Å². The van der Waals surface area contributed by atoms with Gasteiger partial charge in [0.05, 0.1) is 20.1 Å². The van der Waals surface area contributed by atoms with E-state index < -0.39 is 17.8 Å². The molecule has 1 aromatic rings. The molecule has 0 aromatic heterocycles. The zero-order valence-corrected chi connectivity index (χ0v) is 12.0. The minimum Gasteiger partial charge on any atom is -0.493 e. The minimum atomic E-state index is -0.932. The number of ketones is 1. The normalized spacial score (nSPS) is 20.9. The third kappa shape index (κ3) is 3.07. The van der Waals surface area contributed by atoms with Crippen LogP contribution < -0.4 is 9.47 Å². The molecule has 0 aliphatic heterocycles. The van der Waals surface area contributed by atoms with Gasteiger partial charge in [-0.25, -0.2) is 0 Å². The van der Waals surface area contributed by atoms with E-state index in [0.717, 1.165) is 0 Å². The van der Waals surface area contributed by atoms with Crippen molar-refractivity contribution < 1.29 is 24.2 Å². The zero-order valence-electron chi connectivity index (χ0n) is 12.0. The van der Waals surface area contributed by atoms with Crippen LogP contribution in [-0.4, -0.2) is 31.1 Å². The number of carbonyl (C=O) groups excluding carboxylic acids is 1. The fourth-order valence-electron chi connectivity index (χ4n) is 2.58. The van der Waals surface area contributed by atoms with Crippen molar-refractivity contribution in [3.8, 4) is 11.5 Å². The zero-order chi connectivity index (χ0) is 15.4. The van der Waals surface area contributed by atoms with Crippen molar-refractivity contribution in [2.24, 2.45) is 11.8 Å². The van der Waals surface area contributed by atoms with Crippen LogP contribution in [0.2, 0.25) is 0 Å². The Hall–Kier alpha value is -2.30. The maximum Gasteiger partial charge on any atom is 0.307 e. The van der Waals surface area contributed by atoms with Gasteiger partial charge < -0.3 is 14.6 Å². The van der Waals surface area contributed by atoms with E-state index in [0.29, 0.717) is 29.9 Å². The van der Waals surface area contributed by atoms with E-state index in [2.05, 4.69) is 0 Å². The summed E-state index contributed by atoms with van der Waals surface area (Å²) < 4.78 is 10.3. The van der Waals surface area contributed by atoms with Crippen LogP contribution in [0.1, 0.15) is 23.2 Å². The van der Waals surface area contributed by atoms with Crippen molar-refractivity contribution in [3.63, 3.8) is 0 Å². The van der Waals surface area contributed by atoms with Crippen LogP contribution >= 0.6 is 0 Å². The minimum absolute atomic E-state index is 0.173. The number of Topliss-reactive ketones (excluding diaryl/α,β-unsaturated/α-hetero) is 1. The molecule has 2 rings (SSSR count). The molecule has 1 aliphatic carbocycles. The average molecular weight is 290 g/mol. The van der Waals surface area contributed by atoms with Crippen LogP contribution in [0.4, 0.5) is 0 Å². The molecular weight excluding hydrogens is 272 g/mol. The molecule has 0 amide bonds. The van der Waals surface area contributed by atoms with Crippen LogP contribution in [0.25, 0.3) is 0 Å². The third-order valence-electron chi connectivity index (χ3n) is 3.75. The number of rotatable bonds is 5. The van der Waals surface area contributed by atoms with E-state index in [9.17, 15) is 14.7 Å². The summed E-state index contributed by atoms with van der Waals surface area (Å²) in [5.74, 6) is -1.32. The Morgan fingerprint density at radius 3 is 2.24 bits per heavy atom. The second-order valence-corrected chi connectivity index (χ2v) is 4.93. The molecule has 0 bridgehead atoms. The highest BCUT2D eigenvalue weighted by Gasteiger charge is 2.34. The number of hydrogen-bond donors (Lipinski definition) is 1. The molecule has 1 aliphatic rings. The van der Waals surface area contributed by atoms with Gasteiger partial charge in [-0.05, 0) is 31.0 Å². The Labute approximate surface area is 123 Å². The summed E-state index contributed by atoms with van der Waals surface area (Å²) in [6, 6.07) is 4.89. The number of ether oxygens (including phenoxy) is 2. The SMILES string of the molecule is COc1ccc(C(=O)[C@@H]2CC=CC[C@H]2C(=O)O)cc1OC. The van der Waals surface area contributed by atoms with Crippen molar-refractivity contribution in [1.29, 1.82) is 0 Å². The highest BCUT2D eigenvalue weighted by atomic mass is 16.5. The van der Waals surface area contributed by atoms with Crippen molar-refractivity contribution in [3.05, 3.63) is 35.9 Å². The number of allylic oxidation sites excluding steroid dienone is 2. The lowest BCUT2D eigenvalue weighted by Crippen LogP contribution is -2.31. The number of hydrogen-bond acceptors (Lipinski definition) is 4. The highest BCUT2D eigenvalue weighted by molar-refractivity contribution is 6.00. The Morgan fingerprint density at radius 1 is 1.05 bits per heavy atom. The quantitative estimate of drug-likeness (QED) is 0.666. The number of methoxy groups -OCH3 is 2. The van der Waals surface area contributed by atoms with Gasteiger partial charge in [0.1, 0.15) is 0 Å². The predicted molar refractivity (Wildman–Crippen MR) is 76.9 cm³/mol. The van der Waals surface area contributed by atoms with E-state index in [-0.39, 0.29) is 5.78 Å². The van der Waals surface area contributed by atoms with E-state index in [4.69, 9.17) is 9.47 Å².